The molecule has 0 aliphatic carbocycles. The molecule has 1 amide bonds. The van der Waals surface area contributed by atoms with E-state index in [0.29, 0.717) is 21.5 Å². The summed E-state index contributed by atoms with van der Waals surface area (Å²) in [6, 6.07) is 1.73. The van der Waals surface area contributed by atoms with Gasteiger partial charge in [0.1, 0.15) is 10.8 Å². The summed E-state index contributed by atoms with van der Waals surface area (Å²) >= 11 is 18.3. The van der Waals surface area contributed by atoms with Crippen molar-refractivity contribution in [1.82, 2.24) is 0 Å². The van der Waals surface area contributed by atoms with Crippen LogP contribution in [0, 0.1) is 0 Å². The molecule has 98 valence electrons. The van der Waals surface area contributed by atoms with Crippen molar-refractivity contribution in [3.05, 3.63) is 21.7 Å². The van der Waals surface area contributed by atoms with E-state index in [0.717, 1.165) is 5.56 Å². The van der Waals surface area contributed by atoms with Crippen molar-refractivity contribution < 1.29 is 9.53 Å². The molecule has 0 radical (unpaired) electrons. The Labute approximate surface area is 121 Å². The van der Waals surface area contributed by atoms with Gasteiger partial charge in [0, 0.05) is 12.9 Å². The van der Waals surface area contributed by atoms with Crippen molar-refractivity contribution in [2.45, 2.75) is 12.3 Å². The Morgan fingerprint density at radius 1 is 1.39 bits per heavy atom. The van der Waals surface area contributed by atoms with Crippen LogP contribution in [0.1, 0.15) is 12.5 Å². The standard InChI is InChI=1S/C12H12Cl3NO2/c1-12(5-13)6-4-7(18-3)8(14)9(15)10(6)16(2)11(12)17/h4H,5H2,1-3H3. The lowest BCUT2D eigenvalue weighted by molar-refractivity contribution is -0.121. The van der Waals surface area contributed by atoms with Gasteiger partial charge in [-0.2, -0.15) is 0 Å². The molecule has 0 aromatic heterocycles. The van der Waals surface area contributed by atoms with Gasteiger partial charge < -0.3 is 9.64 Å². The van der Waals surface area contributed by atoms with E-state index in [-0.39, 0.29) is 11.8 Å². The Morgan fingerprint density at radius 3 is 2.50 bits per heavy atom. The van der Waals surface area contributed by atoms with Crippen LogP contribution in [0.3, 0.4) is 0 Å². The topological polar surface area (TPSA) is 29.5 Å². The Kier molecular flexibility index (Phi) is 3.43. The first-order valence-electron chi connectivity index (χ1n) is 5.29. The molecule has 0 bridgehead atoms. The van der Waals surface area contributed by atoms with Gasteiger partial charge >= 0.3 is 0 Å². The van der Waals surface area contributed by atoms with Crippen molar-refractivity contribution in [3.8, 4) is 5.75 Å². The predicted molar refractivity (Wildman–Crippen MR) is 74.5 cm³/mol. The Morgan fingerprint density at radius 2 is 2.00 bits per heavy atom. The highest BCUT2D eigenvalue weighted by atomic mass is 35.5. The number of methoxy groups -OCH3 is 1. The van der Waals surface area contributed by atoms with Crippen LogP contribution in [0.25, 0.3) is 0 Å². The van der Waals surface area contributed by atoms with Gasteiger partial charge in [0.2, 0.25) is 5.91 Å². The molecule has 1 aromatic rings. The number of likely N-dealkylation sites (N-methyl/N-ethyl adjacent to an activating group) is 1. The van der Waals surface area contributed by atoms with E-state index in [1.54, 1.807) is 20.0 Å². The number of anilines is 1. The van der Waals surface area contributed by atoms with E-state index >= 15 is 0 Å². The van der Waals surface area contributed by atoms with Crippen molar-refractivity contribution in [2.24, 2.45) is 0 Å². The number of carbonyl (C=O) groups excluding carboxylic acids is 1. The number of rotatable bonds is 2. The maximum Gasteiger partial charge on any atom is 0.238 e. The van der Waals surface area contributed by atoms with Crippen molar-refractivity contribution in [1.29, 1.82) is 0 Å². The number of fused-ring (bicyclic) bond motifs is 1. The molecule has 1 atom stereocenters. The summed E-state index contributed by atoms with van der Waals surface area (Å²) < 4.78 is 5.17. The summed E-state index contributed by atoms with van der Waals surface area (Å²) in [6.07, 6.45) is 0. The molecule has 6 heteroatoms. The van der Waals surface area contributed by atoms with Crippen LogP contribution in [0.5, 0.6) is 5.75 Å². The van der Waals surface area contributed by atoms with Gasteiger partial charge in [-0.05, 0) is 18.6 Å². The molecule has 0 N–H and O–H groups in total. The highest BCUT2D eigenvalue weighted by Crippen LogP contribution is 2.50. The summed E-state index contributed by atoms with van der Waals surface area (Å²) in [4.78, 5) is 13.8. The van der Waals surface area contributed by atoms with Crippen molar-refractivity contribution in [3.63, 3.8) is 0 Å². The van der Waals surface area contributed by atoms with Gasteiger partial charge in [0.25, 0.3) is 0 Å². The molecule has 1 aliphatic rings. The zero-order valence-corrected chi connectivity index (χ0v) is 12.4. The maximum atomic E-state index is 12.3. The van der Waals surface area contributed by atoms with Crippen LogP contribution in [0.4, 0.5) is 5.69 Å². The highest BCUT2D eigenvalue weighted by molar-refractivity contribution is 6.45. The number of halogens is 3. The average Bonchev–Trinajstić information content (AvgIpc) is 2.56. The Bertz CT molecular complexity index is 533. The second kappa shape index (κ2) is 4.48. The molecule has 1 unspecified atom stereocenters. The first-order valence-corrected chi connectivity index (χ1v) is 6.58. The second-order valence-electron chi connectivity index (χ2n) is 4.43. The van der Waals surface area contributed by atoms with Crippen LogP contribution in [0.2, 0.25) is 10.0 Å². The quantitative estimate of drug-likeness (QED) is 0.783. The summed E-state index contributed by atoms with van der Waals surface area (Å²) in [5, 5.41) is 0.618. The SMILES string of the molecule is COc1cc2c(c(Cl)c1Cl)N(C)C(=O)C2(C)CCl. The third-order valence-electron chi connectivity index (χ3n) is 3.34. The third kappa shape index (κ3) is 1.61. The van der Waals surface area contributed by atoms with Gasteiger partial charge in [-0.3, -0.25) is 4.79 Å². The fourth-order valence-corrected chi connectivity index (χ4v) is 3.01. The molecule has 0 saturated carbocycles. The van der Waals surface area contributed by atoms with Crippen LogP contribution >= 0.6 is 34.8 Å². The van der Waals surface area contributed by atoms with Crippen molar-refractivity contribution >= 4 is 46.4 Å². The number of hydrogen-bond donors (Lipinski definition) is 0. The van der Waals surface area contributed by atoms with E-state index in [2.05, 4.69) is 0 Å². The first-order chi connectivity index (χ1) is 8.38. The van der Waals surface area contributed by atoms with Crippen LogP contribution in [-0.2, 0) is 10.2 Å². The molecule has 1 heterocycles. The second-order valence-corrected chi connectivity index (χ2v) is 5.46. The number of benzene rings is 1. The normalized spacial score (nSPS) is 22.3. The molecule has 1 aliphatic heterocycles. The van der Waals surface area contributed by atoms with Gasteiger partial charge in [-0.15, -0.1) is 11.6 Å². The minimum atomic E-state index is -0.798. The number of carbonyl (C=O) groups is 1. The summed E-state index contributed by atoms with van der Waals surface area (Å²) in [5.41, 5.74) is 0.555. The fourth-order valence-electron chi connectivity index (χ4n) is 2.21. The number of alkyl halides is 1. The minimum Gasteiger partial charge on any atom is -0.495 e. The van der Waals surface area contributed by atoms with Gasteiger partial charge in [0.15, 0.2) is 0 Å². The molecular weight excluding hydrogens is 296 g/mol. The number of amides is 1. The molecule has 0 spiro atoms. The molecule has 1 aromatic carbocycles. The van der Waals surface area contributed by atoms with E-state index in [1.807, 2.05) is 0 Å². The van der Waals surface area contributed by atoms with E-state index in [1.165, 1.54) is 12.0 Å². The lowest BCUT2D eigenvalue weighted by Gasteiger charge is -2.19. The third-order valence-corrected chi connectivity index (χ3v) is 4.72. The minimum absolute atomic E-state index is 0.0984. The molecule has 18 heavy (non-hydrogen) atoms. The lowest BCUT2D eigenvalue weighted by atomic mass is 9.86. The number of ether oxygens (including phenoxy) is 1. The number of hydrogen-bond acceptors (Lipinski definition) is 2. The van der Waals surface area contributed by atoms with Gasteiger partial charge in [-0.25, -0.2) is 0 Å². The molecular formula is C12H12Cl3NO2. The van der Waals surface area contributed by atoms with Crippen LogP contribution < -0.4 is 9.64 Å². The number of nitrogens with zero attached hydrogens (tertiary/aromatic N) is 1. The van der Waals surface area contributed by atoms with E-state index in [4.69, 9.17) is 39.5 Å². The van der Waals surface area contributed by atoms with Gasteiger partial charge in [-0.1, -0.05) is 23.2 Å². The Balaban J connectivity index is 2.79. The van der Waals surface area contributed by atoms with E-state index in [9.17, 15) is 4.79 Å². The largest absolute Gasteiger partial charge is 0.495 e. The van der Waals surface area contributed by atoms with Crippen LogP contribution in [-0.4, -0.2) is 25.9 Å². The maximum absolute atomic E-state index is 12.3. The highest BCUT2D eigenvalue weighted by Gasteiger charge is 2.47. The summed E-state index contributed by atoms with van der Waals surface area (Å²) in [5.74, 6) is 0.517. The predicted octanol–water partition coefficient (Wildman–Crippen LogP) is 3.47. The Hall–Kier alpha value is -0.640. The molecule has 0 saturated heterocycles. The molecule has 3 nitrogen and oxygen atoms in total. The van der Waals surface area contributed by atoms with Crippen LogP contribution in [0.15, 0.2) is 6.07 Å². The molecule has 0 fully saturated rings. The monoisotopic (exact) mass is 307 g/mol. The zero-order chi connectivity index (χ0) is 13.7. The average molecular weight is 309 g/mol. The van der Waals surface area contributed by atoms with Gasteiger partial charge in [0.05, 0.1) is 23.2 Å². The zero-order valence-electron chi connectivity index (χ0n) is 10.2. The summed E-state index contributed by atoms with van der Waals surface area (Å²) in [6.45, 7) is 1.79. The molecule has 2 rings (SSSR count). The lowest BCUT2D eigenvalue weighted by Crippen LogP contribution is -2.37. The van der Waals surface area contributed by atoms with Crippen molar-refractivity contribution in [2.75, 3.05) is 24.9 Å². The summed E-state index contributed by atoms with van der Waals surface area (Å²) in [7, 11) is 3.16. The first kappa shape index (κ1) is 13.8. The fraction of sp³-hybridized carbons (Fsp3) is 0.417. The van der Waals surface area contributed by atoms with E-state index < -0.39 is 5.41 Å². The smallest absolute Gasteiger partial charge is 0.238 e.